The summed E-state index contributed by atoms with van der Waals surface area (Å²) in [6, 6.07) is 11.2. The molecule has 1 amide bonds. The molecule has 2 aromatic heterocycles. The van der Waals surface area contributed by atoms with E-state index in [2.05, 4.69) is 20.0 Å². The van der Waals surface area contributed by atoms with Crippen LogP contribution in [0.1, 0.15) is 15.4 Å². The minimum atomic E-state index is -2.88. The number of hydrogen-bond donors (Lipinski definition) is 1. The van der Waals surface area contributed by atoms with Gasteiger partial charge in [-0.25, -0.2) is 4.98 Å². The Hall–Kier alpha value is -2.87. The fourth-order valence-corrected chi connectivity index (χ4v) is 3.05. The monoisotopic (exact) mass is 361 g/mol. The minimum Gasteiger partial charge on any atom is -0.435 e. The van der Waals surface area contributed by atoms with Crippen LogP contribution in [-0.2, 0) is 0 Å². The highest BCUT2D eigenvalue weighted by atomic mass is 32.1. The summed E-state index contributed by atoms with van der Waals surface area (Å²) in [5.74, 6) is -0.292. The number of thiazole rings is 1. The number of amides is 1. The zero-order valence-corrected chi connectivity index (χ0v) is 13.9. The average Bonchev–Trinajstić information content (AvgIpc) is 2.99. The van der Waals surface area contributed by atoms with Crippen molar-refractivity contribution in [1.29, 1.82) is 0 Å². The Morgan fingerprint density at radius 3 is 2.60 bits per heavy atom. The Kier molecular flexibility index (Phi) is 4.99. The first-order valence-corrected chi connectivity index (χ1v) is 8.09. The van der Waals surface area contributed by atoms with Crippen LogP contribution in [0, 0.1) is 6.92 Å². The van der Waals surface area contributed by atoms with Crippen molar-refractivity contribution in [3.8, 4) is 16.5 Å². The number of carbonyl (C=O) groups is 1. The zero-order valence-electron chi connectivity index (χ0n) is 13.1. The number of aromatic nitrogens is 2. The first-order chi connectivity index (χ1) is 12.0. The highest BCUT2D eigenvalue weighted by Crippen LogP contribution is 2.27. The number of rotatable bonds is 5. The molecule has 0 aliphatic rings. The third-order valence-electron chi connectivity index (χ3n) is 3.22. The predicted molar refractivity (Wildman–Crippen MR) is 91.1 cm³/mol. The van der Waals surface area contributed by atoms with Crippen LogP contribution in [0.2, 0.25) is 0 Å². The van der Waals surface area contributed by atoms with Gasteiger partial charge in [0.25, 0.3) is 5.91 Å². The van der Waals surface area contributed by atoms with Gasteiger partial charge in [-0.05, 0) is 43.3 Å². The third-order valence-corrected chi connectivity index (χ3v) is 4.40. The van der Waals surface area contributed by atoms with E-state index >= 15 is 0 Å². The molecule has 0 aliphatic carbocycles. The van der Waals surface area contributed by atoms with Crippen LogP contribution in [0.25, 0.3) is 10.7 Å². The number of aryl methyl sites for hydroxylation is 1. The Morgan fingerprint density at radius 2 is 1.96 bits per heavy atom. The van der Waals surface area contributed by atoms with Crippen molar-refractivity contribution in [3.63, 3.8) is 0 Å². The second-order valence-corrected chi connectivity index (χ2v) is 6.00. The van der Waals surface area contributed by atoms with Crippen LogP contribution in [0.4, 0.5) is 14.5 Å². The molecule has 0 saturated heterocycles. The van der Waals surface area contributed by atoms with E-state index in [1.54, 1.807) is 19.2 Å². The van der Waals surface area contributed by atoms with Gasteiger partial charge >= 0.3 is 6.61 Å². The summed E-state index contributed by atoms with van der Waals surface area (Å²) in [7, 11) is 0. The fraction of sp³-hybridized carbons (Fsp3) is 0.118. The maximum atomic E-state index is 12.4. The van der Waals surface area contributed by atoms with E-state index in [-0.39, 0.29) is 11.7 Å². The van der Waals surface area contributed by atoms with Gasteiger partial charge in [-0.3, -0.25) is 9.78 Å². The quantitative estimate of drug-likeness (QED) is 0.733. The summed E-state index contributed by atoms with van der Waals surface area (Å²) in [5, 5.41) is 3.37. The van der Waals surface area contributed by atoms with Crippen molar-refractivity contribution in [2.75, 3.05) is 5.32 Å². The molecule has 1 N–H and O–H groups in total. The summed E-state index contributed by atoms with van der Waals surface area (Å²) in [4.78, 5) is 21.5. The van der Waals surface area contributed by atoms with Crippen LogP contribution in [0.15, 0.2) is 48.7 Å². The molecular formula is C17H13F2N3O2S. The molecule has 0 aliphatic heterocycles. The smallest absolute Gasteiger partial charge is 0.387 e. The lowest BCUT2D eigenvalue weighted by atomic mass is 10.3. The second kappa shape index (κ2) is 7.35. The molecule has 3 rings (SSSR count). The number of alkyl halides is 2. The van der Waals surface area contributed by atoms with E-state index in [1.807, 2.05) is 12.1 Å². The molecule has 1 aromatic carbocycles. The largest absolute Gasteiger partial charge is 0.435 e. The molecule has 8 heteroatoms. The molecular weight excluding hydrogens is 348 g/mol. The molecule has 5 nitrogen and oxygen atoms in total. The van der Waals surface area contributed by atoms with Crippen LogP contribution < -0.4 is 10.1 Å². The lowest BCUT2D eigenvalue weighted by molar-refractivity contribution is -0.0498. The highest BCUT2D eigenvalue weighted by molar-refractivity contribution is 7.17. The summed E-state index contributed by atoms with van der Waals surface area (Å²) >= 11 is 1.24. The van der Waals surface area contributed by atoms with E-state index in [0.29, 0.717) is 27.0 Å². The van der Waals surface area contributed by atoms with Crippen LogP contribution in [0.3, 0.4) is 0 Å². The fourth-order valence-electron chi connectivity index (χ4n) is 2.11. The Morgan fingerprint density at radius 1 is 1.20 bits per heavy atom. The number of nitrogens with one attached hydrogen (secondary N) is 1. The number of ether oxygens (including phenoxy) is 1. The van der Waals surface area contributed by atoms with Crippen LogP contribution >= 0.6 is 11.3 Å². The molecule has 3 aromatic rings. The standard InChI is InChI=1S/C17H13F2N3O2S/c1-10-14(25-16(21-10)13-4-2-3-9-20-13)15(23)22-11-5-7-12(8-6-11)24-17(18)19/h2-9,17H,1H3,(H,22,23). The van der Waals surface area contributed by atoms with E-state index in [1.165, 1.54) is 35.6 Å². The van der Waals surface area contributed by atoms with Gasteiger partial charge in [-0.2, -0.15) is 8.78 Å². The summed E-state index contributed by atoms with van der Waals surface area (Å²) < 4.78 is 28.5. The van der Waals surface area contributed by atoms with Gasteiger partial charge in [0.1, 0.15) is 15.6 Å². The van der Waals surface area contributed by atoms with Crippen molar-refractivity contribution in [1.82, 2.24) is 9.97 Å². The first-order valence-electron chi connectivity index (χ1n) is 7.28. The highest BCUT2D eigenvalue weighted by Gasteiger charge is 2.17. The van der Waals surface area contributed by atoms with E-state index in [4.69, 9.17) is 0 Å². The van der Waals surface area contributed by atoms with Gasteiger partial charge in [0.05, 0.1) is 11.4 Å². The molecule has 0 fully saturated rings. The third kappa shape index (κ3) is 4.16. The molecule has 128 valence electrons. The molecule has 0 bridgehead atoms. The Balaban J connectivity index is 1.74. The molecule has 2 heterocycles. The average molecular weight is 361 g/mol. The summed E-state index contributed by atoms with van der Waals surface area (Å²) in [6.07, 6.45) is 1.66. The topological polar surface area (TPSA) is 64.1 Å². The molecule has 0 spiro atoms. The van der Waals surface area contributed by atoms with Crippen molar-refractivity contribution < 1.29 is 18.3 Å². The zero-order chi connectivity index (χ0) is 17.8. The number of anilines is 1. The van der Waals surface area contributed by atoms with Gasteiger partial charge in [0, 0.05) is 11.9 Å². The van der Waals surface area contributed by atoms with E-state index in [9.17, 15) is 13.6 Å². The number of hydrogen-bond acceptors (Lipinski definition) is 5. The Labute approximate surface area is 146 Å². The van der Waals surface area contributed by atoms with E-state index < -0.39 is 6.61 Å². The molecule has 0 radical (unpaired) electrons. The minimum absolute atomic E-state index is 0.0272. The number of nitrogens with zero attached hydrogens (tertiary/aromatic N) is 2. The van der Waals surface area contributed by atoms with Gasteiger partial charge in [0.15, 0.2) is 0 Å². The van der Waals surface area contributed by atoms with Crippen LogP contribution in [0.5, 0.6) is 5.75 Å². The van der Waals surface area contributed by atoms with Crippen molar-refractivity contribution in [2.24, 2.45) is 0 Å². The number of benzene rings is 1. The maximum absolute atomic E-state index is 12.4. The van der Waals surface area contributed by atoms with Crippen LogP contribution in [-0.4, -0.2) is 22.5 Å². The number of halogens is 2. The van der Waals surface area contributed by atoms with Gasteiger partial charge in [-0.15, -0.1) is 11.3 Å². The van der Waals surface area contributed by atoms with E-state index in [0.717, 1.165) is 0 Å². The first kappa shape index (κ1) is 17.0. The maximum Gasteiger partial charge on any atom is 0.387 e. The SMILES string of the molecule is Cc1nc(-c2ccccn2)sc1C(=O)Nc1ccc(OC(F)F)cc1. The van der Waals surface area contributed by atoms with Gasteiger partial charge in [0.2, 0.25) is 0 Å². The lowest BCUT2D eigenvalue weighted by Gasteiger charge is -2.07. The normalized spacial score (nSPS) is 10.7. The number of carbonyl (C=O) groups excluding carboxylic acids is 1. The number of pyridine rings is 1. The Bertz CT molecular complexity index is 867. The van der Waals surface area contributed by atoms with Crippen molar-refractivity contribution >= 4 is 22.9 Å². The summed E-state index contributed by atoms with van der Waals surface area (Å²) in [6.45, 7) is -1.14. The summed E-state index contributed by atoms with van der Waals surface area (Å²) in [5.41, 5.74) is 1.77. The van der Waals surface area contributed by atoms with Gasteiger partial charge in [-0.1, -0.05) is 6.07 Å². The second-order valence-electron chi connectivity index (χ2n) is 5.01. The molecule has 25 heavy (non-hydrogen) atoms. The lowest BCUT2D eigenvalue weighted by Crippen LogP contribution is -2.11. The van der Waals surface area contributed by atoms with Gasteiger partial charge < -0.3 is 10.1 Å². The molecule has 0 saturated carbocycles. The molecule has 0 unspecified atom stereocenters. The predicted octanol–water partition coefficient (Wildman–Crippen LogP) is 4.37. The van der Waals surface area contributed by atoms with Crippen molar-refractivity contribution in [2.45, 2.75) is 13.5 Å². The van der Waals surface area contributed by atoms with Crippen molar-refractivity contribution in [3.05, 3.63) is 59.2 Å². The molecule has 0 atom stereocenters.